The number of aliphatic imine (C=N–C) groups is 1. The third kappa shape index (κ3) is 23.1. The van der Waals surface area contributed by atoms with Crippen LogP contribution < -0.4 is 76.1 Å². The molecule has 12 amide bonds. The van der Waals surface area contributed by atoms with Crippen molar-refractivity contribution >= 4 is 121 Å². The normalized spacial score (nSPS) is 23.1. The molecule has 0 spiro atoms. The molecule has 32 nitrogen and oxygen atoms in total. The molecule has 4 heterocycles. The van der Waals surface area contributed by atoms with Crippen molar-refractivity contribution in [2.75, 3.05) is 50.9 Å². The van der Waals surface area contributed by atoms with Crippen molar-refractivity contribution in [3.8, 4) is 5.75 Å². The molecule has 35 heteroatoms. The Hall–Kier alpha value is -9.03. The maximum absolute atomic E-state index is 14.9. The molecular weight excluding hydrogens is 1310 g/mol. The summed E-state index contributed by atoms with van der Waals surface area (Å²) in [7, 11) is 1.78. The first-order valence-corrected chi connectivity index (χ1v) is 34.5. The lowest BCUT2D eigenvalue weighted by Gasteiger charge is -2.29. The van der Waals surface area contributed by atoms with Crippen LogP contribution >= 0.6 is 32.9 Å². The van der Waals surface area contributed by atoms with E-state index in [0.29, 0.717) is 34.0 Å². The minimum absolute atomic E-state index is 0.0265. The van der Waals surface area contributed by atoms with Gasteiger partial charge in [0.1, 0.15) is 66.2 Å². The Labute approximate surface area is 564 Å². The SMILES string of the molecule is CC(C)[C@@H]1NC(=O)[C@@H](NC(=O)[C@H](Cc2ccc(O)cc2)NC(=O)[C@@H]2CCCN2C(=O)CCN)CSSC[C@@H](C(N)=O)NC(=O)[C@H](CO)NC(=O)[C@H](Cc2c[nH]c3ccccc23)NC(=O)[C@H](CO)NC(=O)CCNC(=O)[C@H](CCCN=C(N)N)NC(=O)[C@H](Cc2ccsc2)NC1=O. The lowest BCUT2D eigenvalue weighted by Crippen LogP contribution is -2.61. The molecule has 0 bridgehead atoms. The molecule has 96 heavy (non-hydrogen) atoms. The highest BCUT2D eigenvalue weighted by molar-refractivity contribution is 8.76. The van der Waals surface area contributed by atoms with Gasteiger partial charge in [0.25, 0.3) is 0 Å². The van der Waals surface area contributed by atoms with Crippen LogP contribution in [0.15, 0.2) is 76.5 Å². The topological polar surface area (TPSA) is 521 Å². The molecule has 4 aromatic rings. The molecule has 0 radical (unpaired) electrons. The molecule has 2 aliphatic heterocycles. The average Bonchev–Trinajstić information content (AvgIpc) is 1.65. The number of guanidine groups is 1. The molecule has 0 unspecified atom stereocenters. The quantitative estimate of drug-likeness (QED) is 0.0172. The van der Waals surface area contributed by atoms with Crippen LogP contribution in [0.5, 0.6) is 5.75 Å². The highest BCUT2D eigenvalue weighted by Crippen LogP contribution is 2.25. The van der Waals surface area contributed by atoms with Gasteiger partial charge >= 0.3 is 0 Å². The van der Waals surface area contributed by atoms with Gasteiger partial charge in [-0.2, -0.15) is 11.3 Å². The number of fused-ring (bicyclic) bond motifs is 1. The third-order valence-corrected chi connectivity index (χ3v) is 18.8. The predicted molar refractivity (Wildman–Crippen MR) is 358 cm³/mol. The highest BCUT2D eigenvalue weighted by atomic mass is 33.1. The number of phenols is 1. The van der Waals surface area contributed by atoms with Crippen LogP contribution in [0, 0.1) is 5.92 Å². The van der Waals surface area contributed by atoms with Crippen molar-refractivity contribution in [3.05, 3.63) is 88.2 Å². The summed E-state index contributed by atoms with van der Waals surface area (Å²) in [5.41, 5.74) is 24.8. The Morgan fingerprint density at radius 1 is 0.729 bits per heavy atom. The Kier molecular flexibility index (Phi) is 30.0. The number of nitrogens with one attached hydrogen (secondary N) is 11. The second-order valence-corrected chi connectivity index (χ2v) is 26.5. The van der Waals surface area contributed by atoms with Crippen LogP contribution in [-0.4, -0.2) is 213 Å². The number of primary amides is 1. The maximum Gasteiger partial charge on any atom is 0.245 e. The smallest absolute Gasteiger partial charge is 0.245 e. The van der Waals surface area contributed by atoms with Gasteiger partial charge in [0.15, 0.2) is 5.96 Å². The first kappa shape index (κ1) is 76.0. The number of aliphatic hydroxyl groups is 2. The average molecular weight is 1390 g/mol. The molecule has 2 aliphatic rings. The molecule has 22 N–H and O–H groups in total. The van der Waals surface area contributed by atoms with E-state index in [1.165, 1.54) is 40.5 Å². The summed E-state index contributed by atoms with van der Waals surface area (Å²) in [5, 5.41) is 61.0. The van der Waals surface area contributed by atoms with Crippen LogP contribution in [0.1, 0.15) is 69.1 Å². The number of amides is 12. The number of thiophene rings is 1. The maximum atomic E-state index is 14.9. The number of nitrogens with zero attached hydrogens (tertiary/aromatic N) is 2. The van der Waals surface area contributed by atoms with Gasteiger partial charge in [-0.25, -0.2) is 0 Å². The number of benzene rings is 2. The number of aromatic nitrogens is 1. The lowest BCUT2D eigenvalue weighted by molar-refractivity contribution is -0.139. The van der Waals surface area contributed by atoms with Crippen LogP contribution in [0.2, 0.25) is 0 Å². The Balaban J connectivity index is 1.35. The summed E-state index contributed by atoms with van der Waals surface area (Å²) in [5.74, 6) is -12.3. The van der Waals surface area contributed by atoms with Gasteiger partial charge < -0.3 is 101 Å². The number of nitrogens with two attached hydrogens (primary N) is 4. The van der Waals surface area contributed by atoms with E-state index in [1.54, 1.807) is 61.1 Å². The van der Waals surface area contributed by atoms with Crippen molar-refractivity contribution in [2.45, 2.75) is 132 Å². The van der Waals surface area contributed by atoms with Crippen LogP contribution in [0.4, 0.5) is 0 Å². The second-order valence-electron chi connectivity index (χ2n) is 23.2. The Bertz CT molecular complexity index is 3390. The second kappa shape index (κ2) is 37.9. The highest BCUT2D eigenvalue weighted by Gasteiger charge is 2.39. The number of aliphatic hydroxyl groups excluding tert-OH is 2. The van der Waals surface area contributed by atoms with E-state index in [4.69, 9.17) is 22.9 Å². The van der Waals surface area contributed by atoms with E-state index >= 15 is 0 Å². The summed E-state index contributed by atoms with van der Waals surface area (Å²) < 4.78 is 0. The summed E-state index contributed by atoms with van der Waals surface area (Å²) in [4.78, 5) is 177. The number of para-hydroxylation sites is 1. The number of hydrogen-bond donors (Lipinski definition) is 18. The predicted octanol–water partition coefficient (Wildman–Crippen LogP) is -4.25. The van der Waals surface area contributed by atoms with Gasteiger partial charge in [0, 0.05) is 86.9 Å². The zero-order valence-corrected chi connectivity index (χ0v) is 55.4. The minimum Gasteiger partial charge on any atom is -0.508 e. The zero-order valence-electron chi connectivity index (χ0n) is 53.0. The lowest BCUT2D eigenvalue weighted by atomic mass is 10.0. The third-order valence-electron chi connectivity index (χ3n) is 15.6. The van der Waals surface area contributed by atoms with Crippen LogP contribution in [0.3, 0.4) is 0 Å². The molecule has 2 fully saturated rings. The van der Waals surface area contributed by atoms with Crippen molar-refractivity contribution < 1.29 is 72.9 Å². The van der Waals surface area contributed by atoms with E-state index < -0.39 is 151 Å². The summed E-state index contributed by atoms with van der Waals surface area (Å²) in [6.45, 7) is 1.10. The van der Waals surface area contributed by atoms with E-state index in [1.807, 2.05) is 0 Å². The minimum atomic E-state index is -1.78. The molecular formula is C61H85N17O15S3. The number of hydrogen-bond acceptors (Lipinski definition) is 20. The fourth-order valence-corrected chi connectivity index (χ4v) is 13.4. The molecule has 2 aromatic heterocycles. The number of carbonyl (C=O) groups excluding carboxylic acids is 12. The van der Waals surface area contributed by atoms with Crippen LogP contribution in [0.25, 0.3) is 10.9 Å². The standard InChI is InChI=1S/C61H85N17O15S3/c1-32(2)50-60(93)73-41(24-34-17-22-94-29-34)53(86)70-39(9-5-19-67-61(64)65)52(85)66-20-16-48(82)69-43(27-79)56(89)71-42(25-35-26-68-38-8-4-3-7-37(35)38)55(88)74-44(28-80)57(90)75-45(51(63)84)30-95-96-31-46(58(91)77-50)76-54(87)40(23-33-11-13-36(81)14-12-33)72-59(92)47-10-6-21-78(47)49(83)15-18-62/h3-4,7-8,11-14,17,22,26,29,32,39-47,50,68,79-81H,5-6,9-10,15-16,18-21,23-25,27-28,30-31,62H2,1-2H3,(H2,63,84)(H,66,85)(H,69,82)(H,70,86)(H,71,89)(H,72,92)(H,73,93)(H,74,88)(H,75,90)(H,76,87)(H,77,91)(H4,64,65,67)/t39-,40-,41-,42-,43-,44-,45-,46-,47-,50-/m0/s1. The molecule has 6 rings (SSSR count). The molecule has 2 saturated heterocycles. The molecule has 522 valence electrons. The summed E-state index contributed by atoms with van der Waals surface area (Å²) in [6.07, 6.45) is 1.31. The molecule has 2 aromatic carbocycles. The first-order valence-electron chi connectivity index (χ1n) is 31.0. The van der Waals surface area contributed by atoms with Gasteiger partial charge in [-0.15, -0.1) is 0 Å². The van der Waals surface area contributed by atoms with Crippen molar-refractivity contribution in [3.63, 3.8) is 0 Å². The van der Waals surface area contributed by atoms with Crippen molar-refractivity contribution in [1.29, 1.82) is 0 Å². The number of aromatic amines is 1. The van der Waals surface area contributed by atoms with Gasteiger partial charge in [-0.05, 0) is 83.3 Å². The van der Waals surface area contributed by atoms with E-state index in [-0.39, 0.29) is 100 Å². The van der Waals surface area contributed by atoms with Gasteiger partial charge in [-0.1, -0.05) is 65.8 Å². The van der Waals surface area contributed by atoms with Gasteiger partial charge in [-0.3, -0.25) is 62.5 Å². The largest absolute Gasteiger partial charge is 0.508 e. The number of aromatic hydroxyl groups is 1. The molecule has 0 saturated carbocycles. The fraction of sp³-hybridized carbons (Fsp3) is 0.492. The van der Waals surface area contributed by atoms with Gasteiger partial charge in [0.2, 0.25) is 70.9 Å². The number of H-pyrrole nitrogens is 1. The van der Waals surface area contributed by atoms with Gasteiger partial charge in [0.05, 0.1) is 13.2 Å². The monoisotopic (exact) mass is 1390 g/mol. The first-order chi connectivity index (χ1) is 45.9. The Morgan fingerprint density at radius 2 is 1.38 bits per heavy atom. The Morgan fingerprint density at radius 3 is 2.04 bits per heavy atom. The number of carbonyl (C=O) groups is 12. The fourth-order valence-electron chi connectivity index (χ4n) is 10.4. The summed E-state index contributed by atoms with van der Waals surface area (Å²) in [6, 6.07) is -0.308. The van der Waals surface area contributed by atoms with E-state index in [2.05, 4.69) is 63.1 Å². The molecule has 10 atom stereocenters. The van der Waals surface area contributed by atoms with E-state index in [9.17, 15) is 72.9 Å². The number of likely N-dealkylation sites (tertiary alicyclic amines) is 1. The summed E-state index contributed by atoms with van der Waals surface area (Å²) >= 11 is 1.30. The van der Waals surface area contributed by atoms with Crippen molar-refractivity contribution in [2.24, 2.45) is 33.8 Å². The number of phenolic OH excluding ortho intramolecular Hbond substituents is 1. The van der Waals surface area contributed by atoms with Crippen molar-refractivity contribution in [1.82, 2.24) is 63.1 Å². The number of rotatable bonds is 20. The zero-order chi connectivity index (χ0) is 70.0. The van der Waals surface area contributed by atoms with E-state index in [0.717, 1.165) is 21.6 Å². The molecule has 0 aliphatic carbocycles. The van der Waals surface area contributed by atoms with Crippen LogP contribution in [-0.2, 0) is 76.8 Å².